The Kier molecular flexibility index (Phi) is 9.00. The molecule has 4 nitrogen and oxygen atoms in total. The molecule has 0 radical (unpaired) electrons. The maximum atomic E-state index is 13.3. The van der Waals surface area contributed by atoms with Crippen molar-refractivity contribution < 1.29 is 4.79 Å². The van der Waals surface area contributed by atoms with Crippen LogP contribution in [0.1, 0.15) is 86.7 Å². The SMILES string of the molecule is Cc1c(C(=O)NCCCCCCCC2[C@H]3C[C@@H]4C[C@@H](C[C@H]2C4)C3)nn(-c2ccc(Cl)cc2Cl)c1-c1ccc(Cl)cc1. The van der Waals surface area contributed by atoms with Crippen molar-refractivity contribution in [3.05, 3.63) is 68.8 Å². The van der Waals surface area contributed by atoms with Crippen molar-refractivity contribution in [2.24, 2.45) is 29.6 Å². The van der Waals surface area contributed by atoms with Crippen LogP contribution in [0.3, 0.4) is 0 Å². The first-order chi connectivity index (χ1) is 19.9. The zero-order chi connectivity index (χ0) is 28.5. The van der Waals surface area contributed by atoms with Gasteiger partial charge in [-0.25, -0.2) is 4.68 Å². The van der Waals surface area contributed by atoms with E-state index >= 15 is 0 Å². The van der Waals surface area contributed by atoms with E-state index < -0.39 is 0 Å². The maximum Gasteiger partial charge on any atom is 0.272 e. The molecule has 1 N–H and O–H groups in total. The Hall–Kier alpha value is -2.01. The molecule has 1 aromatic heterocycles. The molecule has 0 atom stereocenters. The molecule has 3 aromatic rings. The number of hydrogen-bond acceptors (Lipinski definition) is 2. The number of carbonyl (C=O) groups excluding carboxylic acids is 1. The zero-order valence-corrected chi connectivity index (χ0v) is 26.1. The number of benzene rings is 2. The zero-order valence-electron chi connectivity index (χ0n) is 23.9. The van der Waals surface area contributed by atoms with Gasteiger partial charge in [0.25, 0.3) is 5.91 Å². The third kappa shape index (κ3) is 6.36. The summed E-state index contributed by atoms with van der Waals surface area (Å²) in [6.45, 7) is 2.58. The van der Waals surface area contributed by atoms with Crippen molar-refractivity contribution >= 4 is 40.7 Å². The fourth-order valence-electron chi connectivity index (χ4n) is 8.32. The molecule has 7 heteroatoms. The third-order valence-electron chi connectivity index (χ3n) is 10.0. The molecule has 2 aromatic carbocycles. The normalized spacial score (nSPS) is 24.6. The molecule has 4 aliphatic rings. The second-order valence-corrected chi connectivity index (χ2v) is 14.0. The van der Waals surface area contributed by atoms with Crippen molar-refractivity contribution in [2.45, 2.75) is 77.6 Å². The van der Waals surface area contributed by atoms with E-state index in [1.54, 1.807) is 16.8 Å². The highest BCUT2D eigenvalue weighted by molar-refractivity contribution is 6.35. The number of hydrogen-bond donors (Lipinski definition) is 1. The van der Waals surface area contributed by atoms with Crippen molar-refractivity contribution in [1.82, 2.24) is 15.1 Å². The number of nitrogens with zero attached hydrogens (tertiary/aromatic N) is 2. The number of amides is 1. The molecule has 41 heavy (non-hydrogen) atoms. The summed E-state index contributed by atoms with van der Waals surface area (Å²) < 4.78 is 1.73. The number of nitrogens with one attached hydrogen (secondary N) is 1. The van der Waals surface area contributed by atoms with Gasteiger partial charge in [0, 0.05) is 27.7 Å². The Morgan fingerprint density at radius 3 is 2.17 bits per heavy atom. The molecule has 0 unspecified atom stereocenters. The Labute approximate surface area is 259 Å². The van der Waals surface area contributed by atoms with Gasteiger partial charge in [0.15, 0.2) is 5.69 Å². The van der Waals surface area contributed by atoms with Gasteiger partial charge in [-0.15, -0.1) is 0 Å². The van der Waals surface area contributed by atoms with Crippen LogP contribution >= 0.6 is 34.8 Å². The summed E-state index contributed by atoms with van der Waals surface area (Å²) in [7, 11) is 0. The average Bonchev–Trinajstić information content (AvgIpc) is 3.28. The Bertz CT molecular complexity index is 1350. The lowest BCUT2D eigenvalue weighted by atomic mass is 9.51. The molecule has 218 valence electrons. The first-order valence-electron chi connectivity index (χ1n) is 15.5. The quantitative estimate of drug-likeness (QED) is 0.219. The van der Waals surface area contributed by atoms with E-state index in [1.807, 2.05) is 37.3 Å². The van der Waals surface area contributed by atoms with Crippen LogP contribution in [-0.4, -0.2) is 22.2 Å². The molecule has 4 bridgehead atoms. The van der Waals surface area contributed by atoms with Gasteiger partial charge >= 0.3 is 0 Å². The van der Waals surface area contributed by atoms with E-state index in [-0.39, 0.29) is 5.91 Å². The van der Waals surface area contributed by atoms with Crippen molar-refractivity contribution in [1.29, 1.82) is 0 Å². The Morgan fingerprint density at radius 2 is 1.49 bits per heavy atom. The number of carbonyl (C=O) groups is 1. The fourth-order valence-corrected chi connectivity index (χ4v) is 8.93. The Balaban J connectivity index is 1.02. The number of unbranched alkanes of at least 4 members (excludes halogenated alkanes) is 4. The summed E-state index contributed by atoms with van der Waals surface area (Å²) in [4.78, 5) is 13.3. The van der Waals surface area contributed by atoms with Crippen LogP contribution in [0.2, 0.25) is 15.1 Å². The maximum absolute atomic E-state index is 13.3. The van der Waals surface area contributed by atoms with Crippen LogP contribution in [0.15, 0.2) is 42.5 Å². The number of halogens is 3. The van der Waals surface area contributed by atoms with Gasteiger partial charge in [-0.05, 0) is 112 Å². The second-order valence-electron chi connectivity index (χ2n) is 12.7. The van der Waals surface area contributed by atoms with Crippen molar-refractivity contribution in [2.75, 3.05) is 6.54 Å². The standard InChI is InChI=1S/C34H40Cl3N3O/c1-21-32(39-40(31-13-12-28(36)20-30(31)37)33(21)24-8-10-27(35)11-9-24)34(41)38-14-6-4-2-3-5-7-29-25-16-22-15-23(18-25)19-26(29)17-22/h8-13,20,22-23,25-26,29H,2-7,14-19H2,1H3,(H,38,41)/t22-,23+,25-,26+,29?. The topological polar surface area (TPSA) is 46.9 Å². The van der Waals surface area contributed by atoms with E-state index in [2.05, 4.69) is 5.32 Å². The first-order valence-corrected chi connectivity index (χ1v) is 16.6. The molecule has 4 aliphatic carbocycles. The van der Waals surface area contributed by atoms with E-state index in [9.17, 15) is 4.79 Å². The lowest BCUT2D eigenvalue weighted by Gasteiger charge is -2.54. The lowest BCUT2D eigenvalue weighted by Crippen LogP contribution is -2.44. The monoisotopic (exact) mass is 611 g/mol. The average molecular weight is 613 g/mol. The largest absolute Gasteiger partial charge is 0.351 e. The van der Waals surface area contributed by atoms with Crippen LogP contribution in [0.5, 0.6) is 0 Å². The number of rotatable bonds is 11. The summed E-state index contributed by atoms with van der Waals surface area (Å²) in [5.41, 5.74) is 3.56. The summed E-state index contributed by atoms with van der Waals surface area (Å²) in [6.07, 6.45) is 15.2. The predicted molar refractivity (Wildman–Crippen MR) is 169 cm³/mol. The highest BCUT2D eigenvalue weighted by Crippen LogP contribution is 2.57. The highest BCUT2D eigenvalue weighted by atomic mass is 35.5. The molecule has 0 spiro atoms. The van der Waals surface area contributed by atoms with Gasteiger partial charge in [0.05, 0.1) is 16.4 Å². The fraction of sp³-hybridized carbons (Fsp3) is 0.529. The van der Waals surface area contributed by atoms with Crippen LogP contribution in [0.25, 0.3) is 16.9 Å². The van der Waals surface area contributed by atoms with E-state index in [4.69, 9.17) is 39.9 Å². The smallest absolute Gasteiger partial charge is 0.272 e. The molecule has 0 saturated heterocycles. The van der Waals surface area contributed by atoms with Crippen LogP contribution in [0, 0.1) is 36.5 Å². The molecule has 1 heterocycles. The van der Waals surface area contributed by atoms with E-state index in [0.717, 1.165) is 59.3 Å². The van der Waals surface area contributed by atoms with Gasteiger partial charge in [0.1, 0.15) is 0 Å². The van der Waals surface area contributed by atoms with Crippen LogP contribution in [-0.2, 0) is 0 Å². The molecule has 4 fully saturated rings. The Morgan fingerprint density at radius 1 is 0.854 bits per heavy atom. The minimum atomic E-state index is -0.163. The van der Waals surface area contributed by atoms with Gasteiger partial charge < -0.3 is 5.32 Å². The van der Waals surface area contributed by atoms with Gasteiger partial charge in [-0.3, -0.25) is 4.79 Å². The van der Waals surface area contributed by atoms with Crippen molar-refractivity contribution in [3.8, 4) is 16.9 Å². The summed E-state index contributed by atoms with van der Waals surface area (Å²) in [5.74, 6) is 5.09. The molecule has 4 saturated carbocycles. The van der Waals surface area contributed by atoms with E-state index in [1.165, 1.54) is 57.8 Å². The van der Waals surface area contributed by atoms with Crippen LogP contribution < -0.4 is 5.32 Å². The molecular weight excluding hydrogens is 573 g/mol. The number of aromatic nitrogens is 2. The molecule has 1 amide bonds. The molecular formula is C34H40Cl3N3O. The lowest BCUT2D eigenvalue weighted by molar-refractivity contribution is -0.0404. The summed E-state index contributed by atoms with van der Waals surface area (Å²) in [5, 5.41) is 9.48. The molecule has 7 rings (SSSR count). The predicted octanol–water partition coefficient (Wildman–Crippen LogP) is 9.95. The van der Waals surface area contributed by atoms with Crippen molar-refractivity contribution in [3.63, 3.8) is 0 Å². The highest BCUT2D eigenvalue weighted by Gasteiger charge is 2.47. The molecule has 0 aliphatic heterocycles. The minimum Gasteiger partial charge on any atom is -0.351 e. The van der Waals surface area contributed by atoms with E-state index in [0.29, 0.717) is 33.0 Å². The van der Waals surface area contributed by atoms with Gasteiger partial charge in [-0.2, -0.15) is 5.10 Å². The van der Waals surface area contributed by atoms with Crippen LogP contribution in [0.4, 0.5) is 0 Å². The summed E-state index contributed by atoms with van der Waals surface area (Å²) in [6, 6.07) is 12.8. The van der Waals surface area contributed by atoms with Gasteiger partial charge in [-0.1, -0.05) is 72.6 Å². The third-order valence-corrected chi connectivity index (χ3v) is 10.8. The minimum absolute atomic E-state index is 0.163. The second kappa shape index (κ2) is 12.7. The first kappa shape index (κ1) is 29.1. The summed E-state index contributed by atoms with van der Waals surface area (Å²) >= 11 is 18.8. The van der Waals surface area contributed by atoms with Gasteiger partial charge in [0.2, 0.25) is 0 Å².